The molecular weight excluding hydrogens is 344 g/mol. The highest BCUT2D eigenvalue weighted by atomic mass is 16.7. The highest BCUT2D eigenvalue weighted by Gasteiger charge is 2.27. The van der Waals surface area contributed by atoms with Crippen LogP contribution < -0.4 is 10.1 Å². The zero-order chi connectivity index (χ0) is 18.8. The molecule has 0 bridgehead atoms. The van der Waals surface area contributed by atoms with Crippen LogP contribution in [0.2, 0.25) is 0 Å². The average molecular weight is 366 g/mol. The van der Waals surface area contributed by atoms with Crippen molar-refractivity contribution in [2.45, 2.75) is 32.7 Å². The lowest BCUT2D eigenvalue weighted by atomic mass is 9.91. The van der Waals surface area contributed by atoms with E-state index in [1.165, 1.54) is 17.5 Å². The Balaban J connectivity index is 1.83. The van der Waals surface area contributed by atoms with Crippen LogP contribution in [-0.4, -0.2) is 33.9 Å². The van der Waals surface area contributed by atoms with E-state index in [4.69, 9.17) is 9.47 Å². The quantitative estimate of drug-likeness (QED) is 0.715. The van der Waals surface area contributed by atoms with Crippen molar-refractivity contribution in [1.29, 1.82) is 0 Å². The second-order valence-corrected chi connectivity index (χ2v) is 6.38. The summed E-state index contributed by atoms with van der Waals surface area (Å²) >= 11 is 0. The summed E-state index contributed by atoms with van der Waals surface area (Å²) in [5.41, 5.74) is 5.19. The molecule has 1 aliphatic heterocycles. The van der Waals surface area contributed by atoms with E-state index in [1.807, 2.05) is 13.0 Å². The summed E-state index contributed by atoms with van der Waals surface area (Å²) in [6.45, 7) is 4.91. The maximum Gasteiger partial charge on any atom is 0.513 e. The minimum atomic E-state index is -0.709. The molecule has 3 heterocycles. The number of hydrogen-bond acceptors (Lipinski definition) is 6. The molecule has 0 saturated heterocycles. The topological polar surface area (TPSA) is 77.8 Å². The molecule has 1 aromatic carbocycles. The largest absolute Gasteiger partial charge is 0.513 e. The summed E-state index contributed by atoms with van der Waals surface area (Å²) in [5.74, 6) is 0.460. The predicted octanol–water partition coefficient (Wildman–Crippen LogP) is 3.06. The highest BCUT2D eigenvalue weighted by molar-refractivity contribution is 5.71. The molecule has 2 aromatic heterocycles. The monoisotopic (exact) mass is 366 g/mol. The van der Waals surface area contributed by atoms with E-state index in [1.54, 1.807) is 17.6 Å². The molecule has 3 aromatic rings. The number of rotatable bonds is 4. The lowest BCUT2D eigenvalue weighted by Gasteiger charge is -2.27. The number of ether oxygens (including phenoxy) is 2. The molecule has 0 spiro atoms. The molecule has 7 nitrogen and oxygen atoms in total. The van der Waals surface area contributed by atoms with Crippen molar-refractivity contribution in [3.8, 4) is 5.75 Å². The minimum Gasteiger partial charge on any atom is -0.434 e. The molecule has 7 heteroatoms. The van der Waals surface area contributed by atoms with Gasteiger partial charge in [-0.1, -0.05) is 31.2 Å². The van der Waals surface area contributed by atoms with Crippen LogP contribution in [0.4, 0.5) is 4.79 Å². The molecule has 0 fully saturated rings. The first kappa shape index (κ1) is 17.5. The van der Waals surface area contributed by atoms with E-state index in [-0.39, 0.29) is 12.6 Å². The molecule has 0 radical (unpaired) electrons. The number of aromatic nitrogens is 3. The van der Waals surface area contributed by atoms with Gasteiger partial charge in [0, 0.05) is 12.1 Å². The molecule has 140 valence electrons. The Bertz CT molecular complexity index is 983. The number of nitrogens with zero attached hydrogens (tertiary/aromatic N) is 3. The number of aryl methyl sites for hydroxylation is 1. The third kappa shape index (κ3) is 3.14. The van der Waals surface area contributed by atoms with Gasteiger partial charge in [-0.3, -0.25) is 0 Å². The van der Waals surface area contributed by atoms with Gasteiger partial charge in [0.15, 0.2) is 5.75 Å². The zero-order valence-corrected chi connectivity index (χ0v) is 15.4. The Hall–Kier alpha value is -2.93. The van der Waals surface area contributed by atoms with Crippen LogP contribution in [0.15, 0.2) is 36.8 Å². The molecular formula is C20H22N4O3. The van der Waals surface area contributed by atoms with Crippen LogP contribution in [0.25, 0.3) is 5.52 Å². The average Bonchev–Trinajstić information content (AvgIpc) is 3.04. The second-order valence-electron chi connectivity index (χ2n) is 6.38. The fraction of sp³-hybridized carbons (Fsp3) is 0.350. The van der Waals surface area contributed by atoms with E-state index in [2.05, 4.69) is 33.6 Å². The second kappa shape index (κ2) is 7.36. The number of carbonyl (C=O) groups is 1. The van der Waals surface area contributed by atoms with Gasteiger partial charge in [-0.2, -0.15) is 5.10 Å². The van der Waals surface area contributed by atoms with Gasteiger partial charge in [0.05, 0.1) is 30.1 Å². The van der Waals surface area contributed by atoms with Gasteiger partial charge in [0.25, 0.3) is 0 Å². The number of fused-ring (bicyclic) bond motifs is 2. The smallest absolute Gasteiger partial charge is 0.434 e. The molecule has 0 saturated carbocycles. The van der Waals surface area contributed by atoms with E-state index in [0.717, 1.165) is 29.7 Å². The first-order valence-corrected chi connectivity index (χ1v) is 9.23. The Labute approximate surface area is 157 Å². The first-order valence-electron chi connectivity index (χ1n) is 9.23. The van der Waals surface area contributed by atoms with Gasteiger partial charge < -0.3 is 14.8 Å². The zero-order valence-electron chi connectivity index (χ0n) is 15.4. The van der Waals surface area contributed by atoms with Crippen LogP contribution in [0.3, 0.4) is 0 Å². The molecule has 1 unspecified atom stereocenters. The molecule has 0 aliphatic carbocycles. The Morgan fingerprint density at radius 2 is 2.19 bits per heavy atom. The maximum absolute atomic E-state index is 11.8. The van der Waals surface area contributed by atoms with Crippen molar-refractivity contribution in [2.24, 2.45) is 0 Å². The molecule has 1 atom stereocenters. The first-order chi connectivity index (χ1) is 13.2. The van der Waals surface area contributed by atoms with E-state index < -0.39 is 6.16 Å². The maximum atomic E-state index is 11.8. The van der Waals surface area contributed by atoms with Gasteiger partial charge in [-0.15, -0.1) is 0 Å². The molecule has 1 N–H and O–H groups in total. The van der Waals surface area contributed by atoms with E-state index in [9.17, 15) is 4.79 Å². The van der Waals surface area contributed by atoms with Crippen LogP contribution in [0.1, 0.15) is 42.3 Å². The van der Waals surface area contributed by atoms with Crippen molar-refractivity contribution < 1.29 is 14.3 Å². The standard InChI is InChI=1S/C20H22N4O3/c1-3-14-16(27-20(25)26-4-2)11-24-19(14)18(22-12-23-24)17-15-8-6-5-7-13(15)9-10-21-17/h5-8,11-12,17,21H,3-4,9-10H2,1-2H3. The van der Waals surface area contributed by atoms with Gasteiger partial charge in [-0.05, 0) is 30.9 Å². The fourth-order valence-corrected chi connectivity index (χ4v) is 3.70. The summed E-state index contributed by atoms with van der Waals surface area (Å²) in [6.07, 6.45) is 4.21. The Morgan fingerprint density at radius 3 is 3.00 bits per heavy atom. The normalized spacial score (nSPS) is 16.1. The van der Waals surface area contributed by atoms with Crippen molar-refractivity contribution in [2.75, 3.05) is 13.2 Å². The summed E-state index contributed by atoms with van der Waals surface area (Å²) in [5, 5.41) is 7.89. The third-order valence-electron chi connectivity index (χ3n) is 4.86. The highest BCUT2D eigenvalue weighted by Crippen LogP contribution is 2.34. The van der Waals surface area contributed by atoms with Crippen LogP contribution in [0, 0.1) is 0 Å². The van der Waals surface area contributed by atoms with Crippen molar-refractivity contribution in [3.05, 3.63) is 59.2 Å². The summed E-state index contributed by atoms with van der Waals surface area (Å²) in [6, 6.07) is 8.38. The van der Waals surface area contributed by atoms with Crippen molar-refractivity contribution in [1.82, 2.24) is 19.9 Å². The summed E-state index contributed by atoms with van der Waals surface area (Å²) in [4.78, 5) is 16.4. The van der Waals surface area contributed by atoms with Gasteiger partial charge >= 0.3 is 6.16 Å². The number of benzene rings is 1. The van der Waals surface area contributed by atoms with Gasteiger partial charge in [-0.25, -0.2) is 14.3 Å². The summed E-state index contributed by atoms with van der Waals surface area (Å²) in [7, 11) is 0. The number of hydrogen-bond donors (Lipinski definition) is 1. The minimum absolute atomic E-state index is 0.0314. The third-order valence-corrected chi connectivity index (χ3v) is 4.86. The van der Waals surface area contributed by atoms with Crippen LogP contribution >= 0.6 is 0 Å². The van der Waals surface area contributed by atoms with E-state index >= 15 is 0 Å². The number of nitrogens with one attached hydrogen (secondary N) is 1. The van der Waals surface area contributed by atoms with Crippen LogP contribution in [-0.2, 0) is 17.6 Å². The molecule has 4 rings (SSSR count). The van der Waals surface area contributed by atoms with E-state index in [0.29, 0.717) is 12.2 Å². The number of carbonyl (C=O) groups excluding carboxylic acids is 1. The fourth-order valence-electron chi connectivity index (χ4n) is 3.70. The van der Waals surface area contributed by atoms with Crippen molar-refractivity contribution >= 4 is 11.7 Å². The molecule has 27 heavy (non-hydrogen) atoms. The molecule has 1 aliphatic rings. The Morgan fingerprint density at radius 1 is 1.33 bits per heavy atom. The van der Waals surface area contributed by atoms with Crippen LogP contribution in [0.5, 0.6) is 5.75 Å². The van der Waals surface area contributed by atoms with Crippen molar-refractivity contribution in [3.63, 3.8) is 0 Å². The van der Waals surface area contributed by atoms with Gasteiger partial charge in [0.1, 0.15) is 6.33 Å². The van der Waals surface area contributed by atoms with Gasteiger partial charge in [0.2, 0.25) is 0 Å². The SMILES string of the molecule is CCOC(=O)Oc1cn2ncnc(C3NCCc4ccccc43)c2c1CC. The predicted molar refractivity (Wildman–Crippen MR) is 100 cm³/mol. The summed E-state index contributed by atoms with van der Waals surface area (Å²) < 4.78 is 12.0. The lowest BCUT2D eigenvalue weighted by molar-refractivity contribution is 0.104. The lowest BCUT2D eigenvalue weighted by Crippen LogP contribution is -2.31. The molecule has 0 amide bonds. The Kier molecular flexibility index (Phi) is 4.77.